The van der Waals surface area contributed by atoms with Gasteiger partial charge < -0.3 is 0 Å². The number of halogens is 2. The van der Waals surface area contributed by atoms with Crippen LogP contribution < -0.4 is 11.2 Å². The van der Waals surface area contributed by atoms with Gasteiger partial charge in [0, 0.05) is 5.02 Å². The van der Waals surface area contributed by atoms with Crippen molar-refractivity contribution in [2.75, 3.05) is 0 Å². The minimum Gasteiger partial charge on any atom is -0.269 e. The molecule has 0 amide bonds. The Balaban J connectivity index is 2.46. The number of fused-ring (bicyclic) bond motifs is 1. The predicted molar refractivity (Wildman–Crippen MR) is 74.6 cm³/mol. The summed E-state index contributed by atoms with van der Waals surface area (Å²) in [5.74, 6) is -1.00. The average molecular weight is 307 g/mol. The summed E-state index contributed by atoms with van der Waals surface area (Å²) in [6.45, 7) is 1.77. The molecule has 2 aromatic heterocycles. The van der Waals surface area contributed by atoms with Gasteiger partial charge in [-0.2, -0.15) is 14.4 Å². The predicted octanol–water partition coefficient (Wildman–Crippen LogP) is 1.34. The maximum absolute atomic E-state index is 13.8. The molecule has 0 unspecified atom stereocenters. The molecule has 0 fully saturated rings. The van der Waals surface area contributed by atoms with Crippen LogP contribution in [0.2, 0.25) is 5.02 Å². The van der Waals surface area contributed by atoms with Crippen LogP contribution in [-0.2, 0) is 0 Å². The summed E-state index contributed by atoms with van der Waals surface area (Å²) in [5.41, 5.74) is -0.288. The summed E-state index contributed by atoms with van der Waals surface area (Å²) in [5, 5.41) is 0.532. The highest BCUT2D eigenvalue weighted by molar-refractivity contribution is 6.31. The molecule has 0 aliphatic rings. The number of nitrogens with zero attached hydrogens (tertiary/aromatic N) is 4. The lowest BCUT2D eigenvalue weighted by Gasteiger charge is -2.11. The van der Waals surface area contributed by atoms with Gasteiger partial charge in [-0.05, 0) is 30.7 Å². The Kier molecular flexibility index (Phi) is 3.06. The van der Waals surface area contributed by atoms with E-state index in [4.69, 9.17) is 11.6 Å². The minimum atomic E-state index is -0.850. The number of rotatable bonds is 1. The molecule has 0 aliphatic carbocycles. The van der Waals surface area contributed by atoms with Gasteiger partial charge in [-0.15, -0.1) is 0 Å². The van der Waals surface area contributed by atoms with E-state index in [9.17, 15) is 14.0 Å². The van der Waals surface area contributed by atoms with E-state index in [-0.39, 0.29) is 5.78 Å². The summed E-state index contributed by atoms with van der Waals surface area (Å²) in [6.07, 6.45) is 0.985. The van der Waals surface area contributed by atoms with E-state index in [1.807, 2.05) is 0 Å². The molecule has 0 saturated carbocycles. The Morgan fingerprint density at radius 1 is 1.24 bits per heavy atom. The first-order chi connectivity index (χ1) is 9.97. The third kappa shape index (κ3) is 2.21. The quantitative estimate of drug-likeness (QED) is 0.636. The molecule has 0 aliphatic heterocycles. The Morgan fingerprint density at radius 3 is 2.71 bits per heavy atom. The van der Waals surface area contributed by atoms with E-state index in [0.717, 1.165) is 26.9 Å². The van der Waals surface area contributed by atoms with Crippen molar-refractivity contribution in [2.45, 2.75) is 6.92 Å². The third-order valence-electron chi connectivity index (χ3n) is 2.99. The maximum Gasteiger partial charge on any atom is 0.371 e. The summed E-state index contributed by atoms with van der Waals surface area (Å²) in [4.78, 5) is 30.4. The lowest BCUT2D eigenvalue weighted by Crippen LogP contribution is -2.26. The maximum atomic E-state index is 13.8. The van der Waals surface area contributed by atoms with Crippen molar-refractivity contribution in [1.29, 1.82) is 0 Å². The van der Waals surface area contributed by atoms with Crippen molar-refractivity contribution in [3.63, 3.8) is 0 Å². The second-order valence-electron chi connectivity index (χ2n) is 4.38. The van der Waals surface area contributed by atoms with Crippen LogP contribution in [0, 0.1) is 12.9 Å². The lowest BCUT2D eigenvalue weighted by atomic mass is 10.2. The van der Waals surface area contributed by atoms with Crippen LogP contribution in [0.15, 0.2) is 40.2 Å². The molecule has 21 heavy (non-hydrogen) atoms. The standard InChI is InChI=1S/C13H8ClFN4O2/c1-7-4-8(2-3-9(7)14)19-11(20)5-10(15)18-6-16-12(21)17-13(18)19/h2-6H,1H3. The van der Waals surface area contributed by atoms with Gasteiger partial charge in [0.05, 0.1) is 11.8 Å². The smallest absolute Gasteiger partial charge is 0.269 e. The molecule has 2 heterocycles. The van der Waals surface area contributed by atoms with Crippen LogP contribution in [0.5, 0.6) is 0 Å². The second kappa shape index (κ2) is 4.78. The number of aryl methyl sites for hydroxylation is 1. The summed E-state index contributed by atoms with van der Waals surface area (Å²) in [6, 6.07) is 5.64. The molecule has 0 saturated heterocycles. The number of hydrogen-bond acceptors (Lipinski definition) is 4. The van der Waals surface area contributed by atoms with Crippen molar-refractivity contribution in [3.8, 4) is 5.69 Å². The van der Waals surface area contributed by atoms with Crippen LogP contribution in [0.3, 0.4) is 0 Å². The van der Waals surface area contributed by atoms with E-state index in [0.29, 0.717) is 10.7 Å². The van der Waals surface area contributed by atoms with Crippen molar-refractivity contribution in [3.05, 3.63) is 68.0 Å². The van der Waals surface area contributed by atoms with Crippen molar-refractivity contribution in [1.82, 2.24) is 18.9 Å². The zero-order valence-electron chi connectivity index (χ0n) is 10.7. The Labute approximate surface area is 122 Å². The van der Waals surface area contributed by atoms with Gasteiger partial charge in [0.25, 0.3) is 5.56 Å². The van der Waals surface area contributed by atoms with Crippen LogP contribution in [0.25, 0.3) is 11.5 Å². The van der Waals surface area contributed by atoms with Crippen molar-refractivity contribution >= 4 is 17.4 Å². The van der Waals surface area contributed by atoms with E-state index >= 15 is 0 Å². The summed E-state index contributed by atoms with van der Waals surface area (Å²) < 4.78 is 15.8. The molecule has 0 spiro atoms. The largest absolute Gasteiger partial charge is 0.371 e. The summed E-state index contributed by atoms with van der Waals surface area (Å²) >= 11 is 5.95. The summed E-state index contributed by atoms with van der Waals surface area (Å²) in [7, 11) is 0. The van der Waals surface area contributed by atoms with Crippen LogP contribution >= 0.6 is 11.6 Å². The van der Waals surface area contributed by atoms with Gasteiger partial charge in [0.2, 0.25) is 11.7 Å². The van der Waals surface area contributed by atoms with E-state index in [1.165, 1.54) is 0 Å². The molecule has 3 aromatic rings. The monoisotopic (exact) mass is 306 g/mol. The molecule has 3 rings (SSSR count). The number of hydrogen-bond donors (Lipinski definition) is 0. The second-order valence-corrected chi connectivity index (χ2v) is 4.79. The van der Waals surface area contributed by atoms with E-state index in [1.54, 1.807) is 25.1 Å². The highest BCUT2D eigenvalue weighted by atomic mass is 35.5. The topological polar surface area (TPSA) is 69.3 Å². The van der Waals surface area contributed by atoms with Gasteiger partial charge in [0.15, 0.2) is 0 Å². The van der Waals surface area contributed by atoms with Crippen LogP contribution in [0.1, 0.15) is 5.56 Å². The Hall–Kier alpha value is -2.54. The van der Waals surface area contributed by atoms with Gasteiger partial charge in [0.1, 0.15) is 6.33 Å². The van der Waals surface area contributed by atoms with Crippen LogP contribution in [-0.4, -0.2) is 18.9 Å². The zero-order valence-corrected chi connectivity index (χ0v) is 11.5. The Morgan fingerprint density at radius 2 is 2.00 bits per heavy atom. The van der Waals surface area contributed by atoms with Crippen molar-refractivity contribution < 1.29 is 4.39 Å². The molecule has 106 valence electrons. The fourth-order valence-corrected chi connectivity index (χ4v) is 2.10. The van der Waals surface area contributed by atoms with Crippen molar-refractivity contribution in [2.24, 2.45) is 0 Å². The zero-order chi connectivity index (χ0) is 15.1. The van der Waals surface area contributed by atoms with Gasteiger partial charge in [-0.25, -0.2) is 13.8 Å². The number of aromatic nitrogens is 4. The molecule has 8 heteroatoms. The fraction of sp³-hybridized carbons (Fsp3) is 0.0769. The first kappa shape index (κ1) is 13.4. The molecule has 0 radical (unpaired) electrons. The highest BCUT2D eigenvalue weighted by Crippen LogP contribution is 2.19. The fourth-order valence-electron chi connectivity index (χ4n) is 1.98. The molecule has 0 bridgehead atoms. The molecular weight excluding hydrogens is 299 g/mol. The average Bonchev–Trinajstić information content (AvgIpc) is 2.42. The molecule has 6 nitrogen and oxygen atoms in total. The van der Waals surface area contributed by atoms with Gasteiger partial charge in [-0.1, -0.05) is 11.6 Å². The lowest BCUT2D eigenvalue weighted by molar-refractivity contribution is 0.549. The first-order valence-electron chi connectivity index (χ1n) is 5.91. The molecular formula is C13H8ClFN4O2. The molecule has 0 atom stereocenters. The third-order valence-corrected chi connectivity index (χ3v) is 3.41. The van der Waals surface area contributed by atoms with Gasteiger partial charge >= 0.3 is 5.69 Å². The van der Waals surface area contributed by atoms with Crippen LogP contribution in [0.4, 0.5) is 4.39 Å². The first-order valence-corrected chi connectivity index (χ1v) is 6.28. The van der Waals surface area contributed by atoms with E-state index in [2.05, 4.69) is 9.97 Å². The number of benzene rings is 1. The highest BCUT2D eigenvalue weighted by Gasteiger charge is 2.12. The molecule has 1 aromatic carbocycles. The SMILES string of the molecule is Cc1cc(-n2c(=O)cc(F)n3cnc(=O)nc23)ccc1Cl. The van der Waals surface area contributed by atoms with Gasteiger partial charge in [-0.3, -0.25) is 4.79 Å². The molecule has 0 N–H and O–H groups in total. The minimum absolute atomic E-state index is 0.151. The normalized spacial score (nSPS) is 11.0. The Bertz CT molecular complexity index is 980. The van der Waals surface area contributed by atoms with E-state index < -0.39 is 17.2 Å².